The van der Waals surface area contributed by atoms with Crippen molar-refractivity contribution in [1.29, 1.82) is 0 Å². The molecule has 0 saturated carbocycles. The number of carbonyl (C=O) groups excluding carboxylic acids is 1. The number of amides is 1. The van der Waals surface area contributed by atoms with Crippen molar-refractivity contribution >= 4 is 11.9 Å². The lowest BCUT2D eigenvalue weighted by Gasteiger charge is -2.20. The Labute approximate surface area is 103 Å². The highest BCUT2D eigenvalue weighted by Gasteiger charge is 2.09. The molecule has 0 aromatic carbocycles. The third-order valence-corrected chi connectivity index (χ3v) is 2.15. The summed E-state index contributed by atoms with van der Waals surface area (Å²) >= 11 is 0. The van der Waals surface area contributed by atoms with Gasteiger partial charge in [-0.05, 0) is 33.6 Å². The van der Waals surface area contributed by atoms with Gasteiger partial charge >= 0.3 is 5.97 Å². The number of rotatable bonds is 8. The Morgan fingerprint density at radius 2 is 1.71 bits per heavy atom. The van der Waals surface area contributed by atoms with Gasteiger partial charge in [-0.3, -0.25) is 9.59 Å². The van der Waals surface area contributed by atoms with Crippen LogP contribution in [-0.4, -0.2) is 35.6 Å². The molecule has 100 valence electrons. The molecule has 0 atom stereocenters. The van der Waals surface area contributed by atoms with E-state index in [1.165, 1.54) is 0 Å². The number of carboxylic acid groups (broad SMARTS) is 1. The smallest absolute Gasteiger partial charge is 0.303 e. The molecule has 5 heteroatoms. The van der Waals surface area contributed by atoms with Gasteiger partial charge in [-0.1, -0.05) is 0 Å². The summed E-state index contributed by atoms with van der Waals surface area (Å²) < 4.78 is 0. The lowest BCUT2D eigenvalue weighted by atomic mass is 10.1. The number of carboxylic acids is 1. The molecule has 1 amide bonds. The molecule has 0 aromatic rings. The first-order valence-corrected chi connectivity index (χ1v) is 6.05. The van der Waals surface area contributed by atoms with Gasteiger partial charge in [0.05, 0.1) is 0 Å². The zero-order chi connectivity index (χ0) is 13.3. The summed E-state index contributed by atoms with van der Waals surface area (Å²) in [5.74, 6) is -0.775. The molecule has 0 unspecified atom stereocenters. The van der Waals surface area contributed by atoms with Crippen LogP contribution in [0, 0.1) is 0 Å². The molecule has 0 aliphatic rings. The first kappa shape index (κ1) is 15.9. The van der Waals surface area contributed by atoms with Crippen molar-refractivity contribution in [1.82, 2.24) is 10.6 Å². The van der Waals surface area contributed by atoms with Crippen molar-refractivity contribution in [3.05, 3.63) is 0 Å². The summed E-state index contributed by atoms with van der Waals surface area (Å²) in [5, 5.41) is 14.4. The Kier molecular flexibility index (Phi) is 7.54. The van der Waals surface area contributed by atoms with Crippen molar-refractivity contribution < 1.29 is 14.7 Å². The van der Waals surface area contributed by atoms with E-state index in [0.717, 1.165) is 0 Å². The van der Waals surface area contributed by atoms with Crippen LogP contribution >= 0.6 is 0 Å². The van der Waals surface area contributed by atoms with E-state index in [1.807, 2.05) is 0 Å². The number of hydrogen-bond acceptors (Lipinski definition) is 3. The molecule has 3 N–H and O–H groups in total. The van der Waals surface area contributed by atoms with E-state index >= 15 is 0 Å². The minimum Gasteiger partial charge on any atom is -0.481 e. The minimum atomic E-state index is -0.786. The zero-order valence-electron chi connectivity index (χ0n) is 11.0. The fraction of sp³-hybridized carbons (Fsp3) is 0.833. The molecule has 0 saturated heterocycles. The fourth-order valence-corrected chi connectivity index (χ4v) is 1.27. The number of unbranched alkanes of at least 4 members (excludes halogenated alkanes) is 1. The highest BCUT2D eigenvalue weighted by molar-refractivity contribution is 5.76. The number of nitrogens with one attached hydrogen (secondary N) is 2. The number of carbonyl (C=O) groups is 2. The van der Waals surface area contributed by atoms with E-state index in [4.69, 9.17) is 5.11 Å². The third kappa shape index (κ3) is 12.8. The normalized spacial score (nSPS) is 11.2. The van der Waals surface area contributed by atoms with Gasteiger partial charge in [-0.15, -0.1) is 0 Å². The van der Waals surface area contributed by atoms with E-state index in [2.05, 4.69) is 31.4 Å². The van der Waals surface area contributed by atoms with Gasteiger partial charge in [0.2, 0.25) is 5.91 Å². The van der Waals surface area contributed by atoms with Crippen molar-refractivity contribution in [2.45, 2.75) is 52.0 Å². The maximum absolute atomic E-state index is 11.4. The van der Waals surface area contributed by atoms with E-state index < -0.39 is 5.97 Å². The topological polar surface area (TPSA) is 78.4 Å². The number of aliphatic carboxylic acids is 1. The van der Waals surface area contributed by atoms with Crippen LogP contribution in [0.15, 0.2) is 0 Å². The summed E-state index contributed by atoms with van der Waals surface area (Å²) in [5.41, 5.74) is 0.0295. The van der Waals surface area contributed by atoms with E-state index in [0.29, 0.717) is 32.4 Å². The molecule has 0 spiro atoms. The Morgan fingerprint density at radius 1 is 1.06 bits per heavy atom. The Balaban J connectivity index is 3.38. The maximum atomic E-state index is 11.4. The summed E-state index contributed by atoms with van der Waals surface area (Å²) in [6.07, 6.45) is 1.94. The molecule has 0 aliphatic carbocycles. The summed E-state index contributed by atoms with van der Waals surface area (Å²) in [4.78, 5) is 21.6. The molecule has 0 aliphatic heterocycles. The average molecular weight is 244 g/mol. The highest BCUT2D eigenvalue weighted by Crippen LogP contribution is 1.98. The van der Waals surface area contributed by atoms with E-state index in [9.17, 15) is 9.59 Å². The van der Waals surface area contributed by atoms with Gasteiger partial charge in [0.15, 0.2) is 0 Å². The zero-order valence-corrected chi connectivity index (χ0v) is 11.0. The van der Waals surface area contributed by atoms with Gasteiger partial charge < -0.3 is 15.7 Å². The van der Waals surface area contributed by atoms with Crippen LogP contribution in [0.2, 0.25) is 0 Å². The second-order valence-corrected chi connectivity index (χ2v) is 5.13. The second kappa shape index (κ2) is 8.06. The quantitative estimate of drug-likeness (QED) is 0.559. The van der Waals surface area contributed by atoms with Crippen LogP contribution in [0.1, 0.15) is 46.5 Å². The predicted octanol–water partition coefficient (Wildman–Crippen LogP) is 1.14. The van der Waals surface area contributed by atoms with Gasteiger partial charge in [-0.25, -0.2) is 0 Å². The average Bonchev–Trinajstić information content (AvgIpc) is 2.14. The van der Waals surface area contributed by atoms with Gasteiger partial charge in [0, 0.05) is 31.5 Å². The Morgan fingerprint density at radius 3 is 2.24 bits per heavy atom. The largest absolute Gasteiger partial charge is 0.481 e. The summed E-state index contributed by atoms with van der Waals surface area (Å²) in [6.45, 7) is 7.37. The van der Waals surface area contributed by atoms with Crippen LogP contribution < -0.4 is 10.6 Å². The van der Waals surface area contributed by atoms with Gasteiger partial charge in [0.25, 0.3) is 0 Å². The maximum Gasteiger partial charge on any atom is 0.303 e. The molecule has 0 fully saturated rings. The second-order valence-electron chi connectivity index (χ2n) is 5.13. The third-order valence-electron chi connectivity index (χ3n) is 2.15. The lowest BCUT2D eigenvalue weighted by molar-refractivity contribution is -0.137. The standard InChI is InChI=1S/C12H24N2O3/c1-12(2,3)14-9-7-10(15)13-8-5-4-6-11(16)17/h14H,4-9H2,1-3H3,(H,13,15)(H,16,17). The molecular weight excluding hydrogens is 220 g/mol. The monoisotopic (exact) mass is 244 g/mol. The van der Waals surface area contributed by atoms with Crippen molar-refractivity contribution in [2.24, 2.45) is 0 Å². The number of hydrogen-bond donors (Lipinski definition) is 3. The molecule has 17 heavy (non-hydrogen) atoms. The van der Waals surface area contributed by atoms with Crippen LogP contribution in [0.5, 0.6) is 0 Å². The van der Waals surface area contributed by atoms with Crippen molar-refractivity contribution in [3.8, 4) is 0 Å². The molecular formula is C12H24N2O3. The first-order chi connectivity index (χ1) is 7.81. The van der Waals surface area contributed by atoms with Gasteiger partial charge in [-0.2, -0.15) is 0 Å². The molecule has 0 bridgehead atoms. The van der Waals surface area contributed by atoms with Crippen molar-refractivity contribution in [2.75, 3.05) is 13.1 Å². The van der Waals surface area contributed by atoms with Crippen molar-refractivity contribution in [3.63, 3.8) is 0 Å². The lowest BCUT2D eigenvalue weighted by Crippen LogP contribution is -2.38. The van der Waals surface area contributed by atoms with Crippen LogP contribution in [0.3, 0.4) is 0 Å². The molecule has 0 radical (unpaired) electrons. The van der Waals surface area contributed by atoms with Gasteiger partial charge in [0.1, 0.15) is 0 Å². The molecule has 5 nitrogen and oxygen atoms in total. The minimum absolute atomic E-state index is 0.0112. The summed E-state index contributed by atoms with van der Waals surface area (Å²) in [6, 6.07) is 0. The van der Waals surface area contributed by atoms with Crippen LogP contribution in [0.25, 0.3) is 0 Å². The highest BCUT2D eigenvalue weighted by atomic mass is 16.4. The Hall–Kier alpha value is -1.10. The van der Waals surface area contributed by atoms with Crippen LogP contribution in [-0.2, 0) is 9.59 Å². The SMILES string of the molecule is CC(C)(C)NCCC(=O)NCCCCC(=O)O. The van der Waals surface area contributed by atoms with Crippen LogP contribution in [0.4, 0.5) is 0 Å². The first-order valence-electron chi connectivity index (χ1n) is 6.05. The predicted molar refractivity (Wildman–Crippen MR) is 66.9 cm³/mol. The molecule has 0 aromatic heterocycles. The van der Waals surface area contributed by atoms with E-state index in [-0.39, 0.29) is 17.9 Å². The molecule has 0 heterocycles. The molecule has 0 rings (SSSR count). The summed E-state index contributed by atoms with van der Waals surface area (Å²) in [7, 11) is 0. The van der Waals surface area contributed by atoms with E-state index in [1.54, 1.807) is 0 Å². The Bertz CT molecular complexity index is 247. The fourth-order valence-electron chi connectivity index (χ4n) is 1.27.